The van der Waals surface area contributed by atoms with Crippen LogP contribution in [-0.4, -0.2) is 27.5 Å². The molecular weight excluding hydrogens is 315 g/mol. The fraction of sp³-hybridized carbons (Fsp3) is 0.118. The van der Waals surface area contributed by atoms with Crippen molar-refractivity contribution in [2.45, 2.75) is 5.91 Å². The zero-order valence-corrected chi connectivity index (χ0v) is 13.3. The van der Waals surface area contributed by atoms with Crippen LogP contribution in [-0.2, 0) is 0 Å². The van der Waals surface area contributed by atoms with Crippen molar-refractivity contribution in [2.75, 3.05) is 6.67 Å². The summed E-state index contributed by atoms with van der Waals surface area (Å²) in [7, 11) is -3.19. The van der Waals surface area contributed by atoms with Crippen LogP contribution in [0, 0.1) is 0 Å². The molecule has 0 spiro atoms. The summed E-state index contributed by atoms with van der Waals surface area (Å²) in [5, 5.41) is 2.32. The number of alkyl halides is 2. The van der Waals surface area contributed by atoms with E-state index in [1.54, 1.807) is 73.6 Å². The maximum atomic E-state index is 15.1. The Bertz CT molecular complexity index is 645. The first-order chi connectivity index (χ1) is 11.3. The summed E-state index contributed by atoms with van der Waals surface area (Å²) in [6, 6.07) is 10.6. The first kappa shape index (κ1) is 15.6. The molecule has 1 atom stereocenters. The molecule has 0 saturated carbocycles. The van der Waals surface area contributed by atoms with Gasteiger partial charge in [0.25, 0.3) is 0 Å². The Morgan fingerprint density at radius 1 is 0.696 bits per heavy atom. The Morgan fingerprint density at radius 3 is 1.26 bits per heavy atom. The second-order valence-electron chi connectivity index (χ2n) is 5.14. The number of hydrogen-bond donors (Lipinski definition) is 0. The van der Waals surface area contributed by atoms with Crippen molar-refractivity contribution in [2.24, 2.45) is 0 Å². The van der Waals surface area contributed by atoms with Gasteiger partial charge in [0.2, 0.25) is 0 Å². The molecule has 0 aliphatic carbocycles. The molecule has 0 bridgehead atoms. The molecule has 0 saturated heterocycles. The third kappa shape index (κ3) is 2.73. The molecule has 1 unspecified atom stereocenters. The van der Waals surface area contributed by atoms with Crippen molar-refractivity contribution in [3.8, 4) is 0 Å². The van der Waals surface area contributed by atoms with E-state index in [0.29, 0.717) is 0 Å². The summed E-state index contributed by atoms with van der Waals surface area (Å²) in [5.74, 6) is -1.62. The molecule has 0 aliphatic heterocycles. The van der Waals surface area contributed by atoms with Crippen LogP contribution in [0.1, 0.15) is 0 Å². The number of aromatic nitrogens is 3. The molecule has 3 aromatic heterocycles. The maximum absolute atomic E-state index is 15.1. The van der Waals surface area contributed by atoms with Crippen LogP contribution in [0.4, 0.5) is 8.78 Å². The number of halogens is 2. The molecule has 0 fully saturated rings. The van der Waals surface area contributed by atoms with Gasteiger partial charge in [-0.15, -0.1) is 0 Å². The molecule has 6 heteroatoms. The third-order valence-electron chi connectivity index (χ3n) is 4.01. The monoisotopic (exact) mass is 331 g/mol. The van der Waals surface area contributed by atoms with Gasteiger partial charge in [0.1, 0.15) is 0 Å². The van der Waals surface area contributed by atoms with Gasteiger partial charge in [-0.25, -0.2) is 0 Å². The molecule has 0 N–H and O–H groups in total. The van der Waals surface area contributed by atoms with Gasteiger partial charge < -0.3 is 0 Å². The van der Waals surface area contributed by atoms with Crippen LogP contribution in [0.5, 0.6) is 0 Å². The number of nitrogens with zero attached hydrogens (tertiary/aromatic N) is 3. The second-order valence-corrected chi connectivity index (χ2v) is 9.11. The van der Waals surface area contributed by atoms with Crippen LogP contribution >= 0.6 is 7.26 Å². The van der Waals surface area contributed by atoms with Crippen molar-refractivity contribution < 1.29 is 8.78 Å². The van der Waals surface area contributed by atoms with Gasteiger partial charge in [-0.05, 0) is 0 Å². The first-order valence-corrected chi connectivity index (χ1v) is 9.29. The van der Waals surface area contributed by atoms with Gasteiger partial charge in [-0.2, -0.15) is 0 Å². The first-order valence-electron chi connectivity index (χ1n) is 7.21. The third-order valence-corrected chi connectivity index (χ3v) is 8.84. The summed E-state index contributed by atoms with van der Waals surface area (Å²) in [6.07, 6.45) is 9.69. The number of hydrogen-bond acceptors (Lipinski definition) is 3. The summed E-state index contributed by atoms with van der Waals surface area (Å²) in [4.78, 5) is 12.0. The van der Waals surface area contributed by atoms with Crippen LogP contribution in [0.15, 0.2) is 73.6 Å². The van der Waals surface area contributed by atoms with Crippen LogP contribution in [0.3, 0.4) is 0 Å². The second kappa shape index (κ2) is 6.88. The summed E-state index contributed by atoms with van der Waals surface area (Å²) >= 11 is 0. The van der Waals surface area contributed by atoms with E-state index in [9.17, 15) is 4.39 Å². The van der Waals surface area contributed by atoms with Gasteiger partial charge in [0.05, 0.1) is 0 Å². The Morgan fingerprint density at radius 2 is 1.00 bits per heavy atom. The topological polar surface area (TPSA) is 38.7 Å². The van der Waals surface area contributed by atoms with E-state index in [2.05, 4.69) is 15.0 Å². The van der Waals surface area contributed by atoms with Gasteiger partial charge in [-0.3, -0.25) is 0 Å². The Kier molecular flexibility index (Phi) is 4.68. The average molecular weight is 331 g/mol. The van der Waals surface area contributed by atoms with E-state index in [-0.39, 0.29) is 0 Å². The predicted octanol–water partition coefficient (Wildman–Crippen LogP) is 2.16. The molecule has 23 heavy (non-hydrogen) atoms. The summed E-state index contributed by atoms with van der Waals surface area (Å²) in [5.41, 5.74) is 0. The van der Waals surface area contributed by atoms with Gasteiger partial charge in [0, 0.05) is 0 Å². The minimum atomic E-state index is -3.19. The minimum absolute atomic E-state index is 0.773. The van der Waals surface area contributed by atoms with Crippen LogP contribution < -0.4 is 15.9 Å². The molecule has 3 nitrogen and oxygen atoms in total. The van der Waals surface area contributed by atoms with Gasteiger partial charge in [0.15, 0.2) is 0 Å². The zero-order chi connectivity index (χ0) is 16.1. The van der Waals surface area contributed by atoms with E-state index in [1.165, 1.54) is 0 Å². The van der Waals surface area contributed by atoms with E-state index < -0.39 is 19.8 Å². The van der Waals surface area contributed by atoms with Gasteiger partial charge in [-0.1, -0.05) is 0 Å². The fourth-order valence-electron chi connectivity index (χ4n) is 3.00. The Labute approximate surface area is 133 Å². The SMILES string of the molecule is FCC(F)[PH](c1ccncc1)(c1ccncc1)c1ccncc1. The van der Waals surface area contributed by atoms with E-state index in [4.69, 9.17) is 0 Å². The van der Waals surface area contributed by atoms with E-state index in [1.807, 2.05) is 0 Å². The molecule has 118 valence electrons. The molecule has 0 aromatic carbocycles. The van der Waals surface area contributed by atoms with Crippen LogP contribution in [0.25, 0.3) is 0 Å². The zero-order valence-electron chi connectivity index (χ0n) is 12.3. The quantitative estimate of drug-likeness (QED) is 0.673. The normalized spacial score (nSPS) is 13.5. The Hall–Kier alpha value is -2.26. The standard InChI is InChI=1S/C17H16F2N3P/c18-13-17(19)23(14-1-7-20-8-2-14,15-3-9-21-10-4-15)16-5-11-22-12-6-16/h1-12,17,23H,13H2. The van der Waals surface area contributed by atoms with E-state index >= 15 is 4.39 Å². The van der Waals surface area contributed by atoms with Crippen LogP contribution in [0.2, 0.25) is 0 Å². The van der Waals surface area contributed by atoms with Crippen molar-refractivity contribution in [3.63, 3.8) is 0 Å². The number of rotatable bonds is 5. The molecule has 0 aliphatic rings. The van der Waals surface area contributed by atoms with Crippen molar-refractivity contribution in [1.82, 2.24) is 15.0 Å². The average Bonchev–Trinajstić information content (AvgIpc) is 2.65. The van der Waals surface area contributed by atoms with Crippen molar-refractivity contribution in [1.29, 1.82) is 0 Å². The van der Waals surface area contributed by atoms with Gasteiger partial charge >= 0.3 is 133 Å². The molecule has 3 heterocycles. The molecule has 0 radical (unpaired) electrons. The predicted molar refractivity (Wildman–Crippen MR) is 90.8 cm³/mol. The summed E-state index contributed by atoms with van der Waals surface area (Å²) < 4.78 is 28.7. The van der Waals surface area contributed by atoms with Crippen molar-refractivity contribution >= 4 is 23.2 Å². The fourth-order valence-corrected chi connectivity index (χ4v) is 7.34. The molecule has 0 amide bonds. The Balaban J connectivity index is 2.35. The molecular formula is C17H16F2N3P. The number of pyridine rings is 3. The van der Waals surface area contributed by atoms with E-state index in [0.717, 1.165) is 15.9 Å². The van der Waals surface area contributed by atoms with Crippen molar-refractivity contribution in [3.05, 3.63) is 73.6 Å². The molecule has 3 aromatic rings. The summed E-state index contributed by atoms with van der Waals surface area (Å²) in [6.45, 7) is -1.04. The molecule has 3 rings (SSSR count).